The van der Waals surface area contributed by atoms with Crippen LogP contribution in [0.1, 0.15) is 58.2 Å². The van der Waals surface area contributed by atoms with Gasteiger partial charge in [-0.2, -0.15) is 0 Å². The Morgan fingerprint density at radius 3 is 2.16 bits per heavy atom. The van der Waals surface area contributed by atoms with Crippen LogP contribution in [0.4, 0.5) is 5.69 Å². The predicted octanol–water partition coefficient (Wildman–Crippen LogP) is 8.18. The summed E-state index contributed by atoms with van der Waals surface area (Å²) in [5.74, 6) is 0.321. The lowest BCUT2D eigenvalue weighted by molar-refractivity contribution is 0.408. The van der Waals surface area contributed by atoms with Gasteiger partial charge in [0, 0.05) is 27.1 Å². The SMILES string of the molecule is CC(C)(C)Cc1cc(/C=N/c2ccccc2Sc2ccccc2)c(O)c(C(C)(C)C)c1. The lowest BCUT2D eigenvalue weighted by Gasteiger charge is -2.25. The van der Waals surface area contributed by atoms with Gasteiger partial charge in [0.2, 0.25) is 0 Å². The maximum absolute atomic E-state index is 11.0. The van der Waals surface area contributed by atoms with E-state index in [9.17, 15) is 5.11 Å². The van der Waals surface area contributed by atoms with Crippen LogP contribution in [0.15, 0.2) is 81.5 Å². The number of phenolic OH excluding ortho intramolecular Hbond substituents is 1. The molecule has 3 heteroatoms. The normalized spacial score (nSPS) is 12.5. The molecular weight excluding hydrogens is 398 g/mol. The van der Waals surface area contributed by atoms with Gasteiger partial charge in [-0.15, -0.1) is 0 Å². The fourth-order valence-electron chi connectivity index (χ4n) is 3.51. The number of aliphatic imine (C=N–C) groups is 1. The van der Waals surface area contributed by atoms with Crippen molar-refractivity contribution in [2.75, 3.05) is 0 Å². The van der Waals surface area contributed by atoms with Gasteiger partial charge < -0.3 is 5.11 Å². The zero-order chi connectivity index (χ0) is 22.6. The van der Waals surface area contributed by atoms with E-state index in [0.717, 1.165) is 28.1 Å². The molecule has 1 N–H and O–H groups in total. The Hall–Kier alpha value is -2.52. The van der Waals surface area contributed by atoms with Crippen LogP contribution in [0.3, 0.4) is 0 Å². The molecule has 0 bridgehead atoms. The Morgan fingerprint density at radius 1 is 0.871 bits per heavy atom. The van der Waals surface area contributed by atoms with Crippen molar-refractivity contribution in [2.45, 2.75) is 63.2 Å². The minimum atomic E-state index is -0.151. The first-order chi connectivity index (χ1) is 14.5. The molecule has 0 amide bonds. The molecule has 3 rings (SSSR count). The first kappa shape index (κ1) is 23.1. The lowest BCUT2D eigenvalue weighted by Crippen LogP contribution is -2.15. The topological polar surface area (TPSA) is 32.6 Å². The number of para-hydroxylation sites is 1. The van der Waals surface area contributed by atoms with Crippen molar-refractivity contribution in [1.29, 1.82) is 0 Å². The summed E-state index contributed by atoms with van der Waals surface area (Å²) in [4.78, 5) is 7.05. The molecule has 3 aromatic rings. The predicted molar refractivity (Wildman–Crippen MR) is 134 cm³/mol. The summed E-state index contributed by atoms with van der Waals surface area (Å²) < 4.78 is 0. The van der Waals surface area contributed by atoms with Crippen molar-refractivity contribution < 1.29 is 5.11 Å². The van der Waals surface area contributed by atoms with E-state index < -0.39 is 0 Å². The molecule has 0 atom stereocenters. The summed E-state index contributed by atoms with van der Waals surface area (Å²) in [6.45, 7) is 13.1. The van der Waals surface area contributed by atoms with Crippen LogP contribution in [0.25, 0.3) is 0 Å². The van der Waals surface area contributed by atoms with Crippen molar-refractivity contribution >= 4 is 23.7 Å². The van der Waals surface area contributed by atoms with Crippen LogP contribution in [-0.2, 0) is 11.8 Å². The van der Waals surface area contributed by atoms with Gasteiger partial charge in [-0.25, -0.2) is 0 Å². The quantitative estimate of drug-likeness (QED) is 0.413. The number of phenols is 1. The first-order valence-corrected chi connectivity index (χ1v) is 11.6. The van der Waals surface area contributed by atoms with Gasteiger partial charge in [-0.3, -0.25) is 4.99 Å². The van der Waals surface area contributed by atoms with E-state index in [0.29, 0.717) is 5.75 Å². The molecule has 0 fully saturated rings. The molecule has 0 unspecified atom stereocenters. The molecule has 0 aliphatic rings. The maximum Gasteiger partial charge on any atom is 0.128 e. The molecule has 0 aliphatic heterocycles. The minimum absolute atomic E-state index is 0.151. The molecule has 0 radical (unpaired) electrons. The average molecular weight is 432 g/mol. The van der Waals surface area contributed by atoms with Gasteiger partial charge in [0.1, 0.15) is 5.75 Å². The molecule has 162 valence electrons. The second-order valence-corrected chi connectivity index (χ2v) is 11.3. The second-order valence-electron chi connectivity index (χ2n) is 10.2. The third-order valence-corrected chi connectivity index (χ3v) is 5.99. The fraction of sp³-hybridized carbons (Fsp3) is 0.321. The first-order valence-electron chi connectivity index (χ1n) is 10.8. The Balaban J connectivity index is 1.99. The largest absolute Gasteiger partial charge is 0.507 e. The van der Waals surface area contributed by atoms with E-state index in [2.05, 4.69) is 71.9 Å². The number of benzene rings is 3. The number of hydrogen-bond donors (Lipinski definition) is 1. The Labute approximate surface area is 191 Å². The summed E-state index contributed by atoms with van der Waals surface area (Å²) in [5.41, 5.74) is 3.87. The highest BCUT2D eigenvalue weighted by Crippen LogP contribution is 2.37. The minimum Gasteiger partial charge on any atom is -0.507 e. The molecular formula is C28H33NOS. The summed E-state index contributed by atoms with van der Waals surface area (Å²) >= 11 is 1.70. The summed E-state index contributed by atoms with van der Waals surface area (Å²) in [5, 5.41) is 11.0. The molecule has 0 aromatic heterocycles. The van der Waals surface area contributed by atoms with Gasteiger partial charge in [0.05, 0.1) is 5.69 Å². The fourth-order valence-corrected chi connectivity index (χ4v) is 4.43. The van der Waals surface area contributed by atoms with Gasteiger partial charge >= 0.3 is 0 Å². The van der Waals surface area contributed by atoms with Gasteiger partial charge in [0.15, 0.2) is 0 Å². The van der Waals surface area contributed by atoms with E-state index in [4.69, 9.17) is 4.99 Å². The van der Waals surface area contributed by atoms with E-state index >= 15 is 0 Å². The highest BCUT2D eigenvalue weighted by atomic mass is 32.2. The Bertz CT molecular complexity index is 1060. The van der Waals surface area contributed by atoms with Crippen LogP contribution in [0.5, 0.6) is 5.75 Å². The zero-order valence-corrected chi connectivity index (χ0v) is 20.3. The van der Waals surface area contributed by atoms with Gasteiger partial charge in [-0.05, 0) is 53.1 Å². The molecule has 2 nitrogen and oxygen atoms in total. The Kier molecular flexibility index (Phi) is 6.96. The lowest BCUT2D eigenvalue weighted by atomic mass is 9.81. The Morgan fingerprint density at radius 2 is 1.52 bits per heavy atom. The smallest absolute Gasteiger partial charge is 0.128 e. The zero-order valence-electron chi connectivity index (χ0n) is 19.4. The molecule has 3 aromatic carbocycles. The van der Waals surface area contributed by atoms with Crippen LogP contribution in [0.2, 0.25) is 0 Å². The van der Waals surface area contributed by atoms with Crippen LogP contribution < -0.4 is 0 Å². The number of aromatic hydroxyl groups is 1. The van der Waals surface area contributed by atoms with Crippen molar-refractivity contribution in [3.8, 4) is 5.75 Å². The van der Waals surface area contributed by atoms with Crippen LogP contribution in [-0.4, -0.2) is 11.3 Å². The van der Waals surface area contributed by atoms with Crippen molar-refractivity contribution in [1.82, 2.24) is 0 Å². The highest BCUT2D eigenvalue weighted by molar-refractivity contribution is 7.99. The molecule has 0 heterocycles. The number of nitrogens with zero attached hydrogens (tertiary/aromatic N) is 1. The molecule has 0 aliphatic carbocycles. The van der Waals surface area contributed by atoms with E-state index in [1.165, 1.54) is 10.5 Å². The van der Waals surface area contributed by atoms with E-state index in [1.807, 2.05) is 36.4 Å². The third-order valence-electron chi connectivity index (χ3n) is 4.92. The highest BCUT2D eigenvalue weighted by Gasteiger charge is 2.22. The van der Waals surface area contributed by atoms with Crippen LogP contribution >= 0.6 is 11.8 Å². The van der Waals surface area contributed by atoms with Crippen molar-refractivity contribution in [3.63, 3.8) is 0 Å². The standard InChI is InChI=1S/C28H33NOS/c1-27(2,3)18-20-16-21(26(30)23(17-20)28(4,5)6)19-29-24-14-10-11-15-25(24)31-22-12-8-7-9-13-22/h7-17,19,30H,18H2,1-6H3/b29-19+. The summed E-state index contributed by atoms with van der Waals surface area (Å²) in [7, 11) is 0. The summed E-state index contributed by atoms with van der Waals surface area (Å²) in [6, 6.07) is 22.7. The van der Waals surface area contributed by atoms with E-state index in [1.54, 1.807) is 18.0 Å². The number of rotatable bonds is 5. The molecule has 0 saturated heterocycles. The van der Waals surface area contributed by atoms with Crippen molar-refractivity contribution in [2.24, 2.45) is 10.4 Å². The average Bonchev–Trinajstić information content (AvgIpc) is 2.68. The number of hydrogen-bond acceptors (Lipinski definition) is 3. The van der Waals surface area contributed by atoms with E-state index in [-0.39, 0.29) is 10.8 Å². The summed E-state index contributed by atoms with van der Waals surface area (Å²) in [6.07, 6.45) is 2.75. The monoisotopic (exact) mass is 431 g/mol. The second kappa shape index (κ2) is 9.32. The van der Waals surface area contributed by atoms with Crippen LogP contribution in [0, 0.1) is 5.41 Å². The van der Waals surface area contributed by atoms with Crippen molar-refractivity contribution in [3.05, 3.63) is 83.4 Å². The molecule has 31 heavy (non-hydrogen) atoms. The molecule has 0 spiro atoms. The maximum atomic E-state index is 11.0. The third kappa shape index (κ3) is 6.48. The van der Waals surface area contributed by atoms with Gasteiger partial charge in [-0.1, -0.05) is 89.7 Å². The molecule has 0 saturated carbocycles. The van der Waals surface area contributed by atoms with Gasteiger partial charge in [0.25, 0.3) is 0 Å².